The summed E-state index contributed by atoms with van der Waals surface area (Å²) in [7, 11) is 0. The zero-order valence-corrected chi connectivity index (χ0v) is 14.2. The Labute approximate surface area is 143 Å². The zero-order valence-electron chi connectivity index (χ0n) is 12.1. The summed E-state index contributed by atoms with van der Waals surface area (Å²) in [5.74, 6) is -0.362. The summed E-state index contributed by atoms with van der Waals surface area (Å²) in [6, 6.07) is 19.1. The molecule has 0 aliphatic heterocycles. The van der Waals surface area contributed by atoms with Gasteiger partial charge >= 0.3 is 0 Å². The van der Waals surface area contributed by atoms with E-state index < -0.39 is 0 Å². The highest BCUT2D eigenvalue weighted by Crippen LogP contribution is 2.16. The first-order valence-electron chi connectivity index (χ1n) is 6.84. The lowest BCUT2D eigenvalue weighted by Crippen LogP contribution is -2.27. The molecule has 0 spiro atoms. The van der Waals surface area contributed by atoms with Crippen LogP contribution in [0.2, 0.25) is 0 Å². The number of carbonyl (C=O) groups excluding carboxylic acids is 1. The van der Waals surface area contributed by atoms with E-state index in [0.29, 0.717) is 0 Å². The molecule has 2 rings (SSSR count). The molecule has 1 atom stereocenters. The van der Waals surface area contributed by atoms with E-state index in [1.54, 1.807) is 6.08 Å². The van der Waals surface area contributed by atoms with Gasteiger partial charge in [0.05, 0.1) is 6.04 Å². The molecule has 110 valence electrons. The van der Waals surface area contributed by atoms with Gasteiger partial charge in [0.2, 0.25) is 0 Å². The van der Waals surface area contributed by atoms with Crippen LogP contribution in [-0.2, 0) is 4.79 Å². The fourth-order valence-corrected chi connectivity index (χ4v) is 2.54. The quantitative estimate of drug-likeness (QED) is 0.476. The third-order valence-corrected chi connectivity index (χ3v) is 4.20. The van der Waals surface area contributed by atoms with Crippen LogP contribution in [0.4, 0.5) is 0 Å². The minimum absolute atomic E-state index is 0.104. The minimum Gasteiger partial charge on any atom is -0.345 e. The van der Waals surface area contributed by atoms with Crippen LogP contribution in [0, 0.1) is 14.9 Å². The van der Waals surface area contributed by atoms with Crippen molar-refractivity contribution in [3.8, 4) is 6.07 Å². The van der Waals surface area contributed by atoms with E-state index in [2.05, 4.69) is 27.9 Å². The maximum absolute atomic E-state index is 12.3. The van der Waals surface area contributed by atoms with Crippen molar-refractivity contribution in [2.75, 3.05) is 0 Å². The highest BCUT2D eigenvalue weighted by molar-refractivity contribution is 14.1. The van der Waals surface area contributed by atoms with Crippen molar-refractivity contribution >= 4 is 34.6 Å². The van der Waals surface area contributed by atoms with Crippen molar-refractivity contribution < 1.29 is 4.79 Å². The van der Waals surface area contributed by atoms with Gasteiger partial charge in [0.25, 0.3) is 5.91 Å². The summed E-state index contributed by atoms with van der Waals surface area (Å²) in [6.07, 6.45) is 1.62. The SMILES string of the molecule is CC(NC(=O)/C(C#N)=C\c1ccccc1I)c1ccccc1. The van der Waals surface area contributed by atoms with Gasteiger partial charge in [-0.1, -0.05) is 48.5 Å². The maximum Gasteiger partial charge on any atom is 0.262 e. The summed E-state index contributed by atoms with van der Waals surface area (Å²) < 4.78 is 0.997. The van der Waals surface area contributed by atoms with Gasteiger partial charge in [0.15, 0.2) is 0 Å². The Hall–Kier alpha value is -2.13. The Morgan fingerprint density at radius 3 is 2.45 bits per heavy atom. The number of nitrogens with zero attached hydrogens (tertiary/aromatic N) is 1. The molecule has 0 bridgehead atoms. The number of carbonyl (C=O) groups is 1. The fraction of sp³-hybridized carbons (Fsp3) is 0.111. The summed E-state index contributed by atoms with van der Waals surface area (Å²) in [5, 5.41) is 12.1. The van der Waals surface area contributed by atoms with E-state index in [0.717, 1.165) is 14.7 Å². The van der Waals surface area contributed by atoms with Crippen molar-refractivity contribution in [1.82, 2.24) is 5.32 Å². The fourth-order valence-electron chi connectivity index (χ4n) is 2.00. The molecular weight excluding hydrogens is 387 g/mol. The molecule has 1 unspecified atom stereocenters. The molecule has 3 nitrogen and oxygen atoms in total. The van der Waals surface area contributed by atoms with E-state index in [9.17, 15) is 10.1 Å². The second-order valence-corrected chi connectivity index (χ2v) is 5.96. The minimum atomic E-state index is -0.362. The third-order valence-electron chi connectivity index (χ3n) is 3.22. The largest absolute Gasteiger partial charge is 0.345 e. The lowest BCUT2D eigenvalue weighted by Gasteiger charge is -2.13. The van der Waals surface area contributed by atoms with Crippen LogP contribution >= 0.6 is 22.6 Å². The van der Waals surface area contributed by atoms with Crippen molar-refractivity contribution in [2.24, 2.45) is 0 Å². The van der Waals surface area contributed by atoms with E-state index >= 15 is 0 Å². The van der Waals surface area contributed by atoms with E-state index in [1.807, 2.05) is 67.6 Å². The normalized spacial score (nSPS) is 12.3. The van der Waals surface area contributed by atoms with Crippen LogP contribution in [0.15, 0.2) is 60.2 Å². The predicted octanol–water partition coefficient (Wildman–Crippen LogP) is 4.08. The molecule has 0 aliphatic rings. The van der Waals surface area contributed by atoms with Crippen molar-refractivity contribution in [3.05, 3.63) is 74.9 Å². The van der Waals surface area contributed by atoms with E-state index in [-0.39, 0.29) is 17.5 Å². The molecule has 2 aromatic carbocycles. The van der Waals surface area contributed by atoms with Gasteiger partial charge < -0.3 is 5.32 Å². The van der Waals surface area contributed by atoms with Crippen molar-refractivity contribution in [2.45, 2.75) is 13.0 Å². The summed E-state index contributed by atoms with van der Waals surface area (Å²) in [6.45, 7) is 1.90. The Morgan fingerprint density at radius 2 is 1.82 bits per heavy atom. The number of nitrogens with one attached hydrogen (secondary N) is 1. The van der Waals surface area contributed by atoms with Gasteiger partial charge in [0, 0.05) is 3.57 Å². The molecule has 0 saturated heterocycles. The van der Waals surface area contributed by atoms with Crippen LogP contribution < -0.4 is 5.32 Å². The standard InChI is InChI=1S/C18H15IN2O/c1-13(14-7-3-2-4-8-14)21-18(22)16(12-20)11-15-9-5-6-10-17(15)19/h2-11,13H,1H3,(H,21,22)/b16-11-. The van der Waals surface area contributed by atoms with Gasteiger partial charge in [0.1, 0.15) is 11.6 Å². The summed E-state index contributed by atoms with van der Waals surface area (Å²) in [4.78, 5) is 12.3. The van der Waals surface area contributed by atoms with Gasteiger partial charge in [-0.15, -0.1) is 0 Å². The predicted molar refractivity (Wildman–Crippen MR) is 95.7 cm³/mol. The van der Waals surface area contributed by atoms with Gasteiger partial charge in [-0.3, -0.25) is 4.79 Å². The van der Waals surface area contributed by atoms with Crippen molar-refractivity contribution in [1.29, 1.82) is 5.26 Å². The molecule has 0 aromatic heterocycles. The Morgan fingerprint density at radius 1 is 1.18 bits per heavy atom. The number of benzene rings is 2. The lowest BCUT2D eigenvalue weighted by molar-refractivity contribution is -0.117. The highest BCUT2D eigenvalue weighted by atomic mass is 127. The van der Waals surface area contributed by atoms with Gasteiger partial charge in [-0.25, -0.2) is 0 Å². The van der Waals surface area contributed by atoms with E-state index in [1.165, 1.54) is 0 Å². The molecule has 0 heterocycles. The summed E-state index contributed by atoms with van der Waals surface area (Å²) in [5.41, 5.74) is 1.97. The number of hydrogen-bond acceptors (Lipinski definition) is 2. The van der Waals surface area contributed by atoms with Crippen LogP contribution in [0.25, 0.3) is 6.08 Å². The molecular formula is C18H15IN2O. The zero-order chi connectivity index (χ0) is 15.9. The van der Waals surface area contributed by atoms with Crippen LogP contribution in [0.5, 0.6) is 0 Å². The molecule has 0 radical (unpaired) electrons. The monoisotopic (exact) mass is 402 g/mol. The first-order chi connectivity index (χ1) is 10.6. The number of rotatable bonds is 4. The topological polar surface area (TPSA) is 52.9 Å². The lowest BCUT2D eigenvalue weighted by atomic mass is 10.1. The first kappa shape index (κ1) is 16.2. The average Bonchev–Trinajstić information content (AvgIpc) is 2.54. The smallest absolute Gasteiger partial charge is 0.262 e. The van der Waals surface area contributed by atoms with Crippen LogP contribution in [0.1, 0.15) is 24.1 Å². The molecule has 0 saturated carbocycles. The summed E-state index contributed by atoms with van der Waals surface area (Å²) >= 11 is 2.18. The molecule has 4 heteroatoms. The molecule has 1 N–H and O–H groups in total. The van der Waals surface area contributed by atoms with E-state index in [4.69, 9.17) is 0 Å². The average molecular weight is 402 g/mol. The van der Waals surface area contributed by atoms with Gasteiger partial charge in [-0.2, -0.15) is 5.26 Å². The Kier molecular flexibility index (Phi) is 5.73. The van der Waals surface area contributed by atoms with Crippen LogP contribution in [-0.4, -0.2) is 5.91 Å². The second kappa shape index (κ2) is 7.76. The Balaban J connectivity index is 2.17. The molecule has 2 aromatic rings. The maximum atomic E-state index is 12.3. The number of halogens is 1. The second-order valence-electron chi connectivity index (χ2n) is 4.80. The Bertz CT molecular complexity index is 732. The number of amides is 1. The molecule has 22 heavy (non-hydrogen) atoms. The highest BCUT2D eigenvalue weighted by Gasteiger charge is 2.14. The first-order valence-corrected chi connectivity index (χ1v) is 7.92. The van der Waals surface area contributed by atoms with Crippen molar-refractivity contribution in [3.63, 3.8) is 0 Å². The van der Waals surface area contributed by atoms with Gasteiger partial charge in [-0.05, 0) is 52.8 Å². The molecule has 0 fully saturated rings. The third kappa shape index (κ3) is 4.18. The number of hydrogen-bond donors (Lipinski definition) is 1. The molecule has 1 amide bonds. The number of nitriles is 1. The molecule has 0 aliphatic carbocycles. The van der Waals surface area contributed by atoms with Crippen LogP contribution in [0.3, 0.4) is 0 Å².